The van der Waals surface area contributed by atoms with Gasteiger partial charge in [0.2, 0.25) is 0 Å². The van der Waals surface area contributed by atoms with Crippen LogP contribution in [0.3, 0.4) is 0 Å². The maximum atomic E-state index is 13.0. The largest absolute Gasteiger partial charge is 0.396 e. The van der Waals surface area contributed by atoms with Crippen LogP contribution in [-0.2, 0) is 11.2 Å². The molecule has 2 fully saturated rings. The lowest BCUT2D eigenvalue weighted by molar-refractivity contribution is 0.0264. The molecule has 0 aliphatic carbocycles. The first-order valence-electron chi connectivity index (χ1n) is 8.91. The number of hydrogen-bond acceptors (Lipinski definition) is 5. The summed E-state index contributed by atoms with van der Waals surface area (Å²) in [5, 5.41) is 11.8. The monoisotopic (exact) mass is 352 g/mol. The van der Waals surface area contributed by atoms with E-state index in [1.165, 1.54) is 10.4 Å². The van der Waals surface area contributed by atoms with Crippen LogP contribution in [0, 0.1) is 18.8 Å². The molecule has 3 rings (SSSR count). The van der Waals surface area contributed by atoms with Crippen molar-refractivity contribution in [2.24, 2.45) is 11.8 Å². The molecule has 0 unspecified atom stereocenters. The van der Waals surface area contributed by atoms with Gasteiger partial charge < -0.3 is 14.7 Å². The van der Waals surface area contributed by atoms with Crippen molar-refractivity contribution >= 4 is 17.2 Å². The van der Waals surface area contributed by atoms with Gasteiger partial charge in [-0.15, -0.1) is 11.3 Å². The third-order valence-electron chi connectivity index (χ3n) is 5.38. The topological polar surface area (TPSA) is 53.0 Å². The summed E-state index contributed by atoms with van der Waals surface area (Å²) >= 11 is 1.66. The Labute approximate surface area is 148 Å². The van der Waals surface area contributed by atoms with Gasteiger partial charge in [0.25, 0.3) is 5.91 Å². The Bertz CT molecular complexity index is 569. The van der Waals surface area contributed by atoms with E-state index in [1.54, 1.807) is 11.3 Å². The predicted octanol–water partition coefficient (Wildman–Crippen LogP) is 1.63. The Balaban J connectivity index is 1.67. The average Bonchev–Trinajstić information content (AvgIpc) is 3.18. The van der Waals surface area contributed by atoms with Gasteiger partial charge in [-0.2, -0.15) is 0 Å². The molecule has 0 radical (unpaired) electrons. The smallest absolute Gasteiger partial charge is 0.255 e. The van der Waals surface area contributed by atoms with Crippen LogP contribution < -0.4 is 0 Å². The number of carbonyl (C=O) groups is 1. The van der Waals surface area contributed by atoms with E-state index in [2.05, 4.69) is 18.7 Å². The minimum absolute atomic E-state index is 0.138. The maximum Gasteiger partial charge on any atom is 0.255 e. The van der Waals surface area contributed by atoms with Crippen LogP contribution in [-0.4, -0.2) is 73.4 Å². The van der Waals surface area contributed by atoms with Crippen molar-refractivity contribution in [3.8, 4) is 0 Å². The van der Waals surface area contributed by atoms with E-state index < -0.39 is 0 Å². The van der Waals surface area contributed by atoms with Crippen LogP contribution in [0.1, 0.15) is 27.7 Å². The lowest BCUT2D eigenvalue weighted by Crippen LogP contribution is -2.41. The fraction of sp³-hybridized carbons (Fsp3) is 0.722. The van der Waals surface area contributed by atoms with Crippen molar-refractivity contribution in [2.75, 3.05) is 52.5 Å². The highest BCUT2D eigenvalue weighted by Crippen LogP contribution is 2.29. The molecular weight excluding hydrogens is 324 g/mol. The van der Waals surface area contributed by atoms with Crippen LogP contribution in [0.25, 0.3) is 0 Å². The summed E-state index contributed by atoms with van der Waals surface area (Å²) < 4.78 is 5.41. The molecule has 1 N–H and O–H groups in total. The molecule has 1 aromatic heterocycles. The molecule has 0 bridgehead atoms. The zero-order valence-corrected chi connectivity index (χ0v) is 15.5. The van der Waals surface area contributed by atoms with Gasteiger partial charge in [0, 0.05) is 55.5 Å². The minimum Gasteiger partial charge on any atom is -0.396 e. The van der Waals surface area contributed by atoms with E-state index in [-0.39, 0.29) is 18.4 Å². The molecule has 3 heterocycles. The molecule has 0 spiro atoms. The van der Waals surface area contributed by atoms with E-state index in [0.29, 0.717) is 12.5 Å². The Morgan fingerprint density at radius 2 is 2.04 bits per heavy atom. The number of morpholine rings is 1. The molecule has 5 nitrogen and oxygen atoms in total. The zero-order valence-electron chi connectivity index (χ0n) is 14.7. The first-order valence-corrected chi connectivity index (χ1v) is 9.79. The molecule has 1 amide bonds. The fourth-order valence-electron chi connectivity index (χ4n) is 3.90. The number of nitrogens with zero attached hydrogens (tertiary/aromatic N) is 2. The highest BCUT2D eigenvalue weighted by atomic mass is 32.1. The second kappa shape index (κ2) is 7.95. The number of amides is 1. The number of thiophene rings is 1. The molecule has 6 heteroatoms. The Morgan fingerprint density at radius 3 is 2.71 bits per heavy atom. The Hall–Kier alpha value is -0.950. The van der Waals surface area contributed by atoms with Gasteiger partial charge in [0.15, 0.2) is 0 Å². The van der Waals surface area contributed by atoms with Crippen molar-refractivity contribution in [1.82, 2.24) is 9.80 Å². The Morgan fingerprint density at radius 1 is 1.33 bits per heavy atom. The fourth-order valence-corrected chi connectivity index (χ4v) is 4.84. The number of aliphatic hydroxyl groups is 1. The summed E-state index contributed by atoms with van der Waals surface area (Å²) in [5.74, 6) is 0.669. The lowest BCUT2D eigenvalue weighted by Gasteiger charge is -2.30. The number of rotatable bonds is 5. The molecule has 2 aliphatic rings. The minimum atomic E-state index is 0.138. The van der Waals surface area contributed by atoms with Gasteiger partial charge in [0.05, 0.1) is 18.8 Å². The molecule has 2 saturated heterocycles. The van der Waals surface area contributed by atoms with Gasteiger partial charge in [-0.25, -0.2) is 0 Å². The zero-order chi connectivity index (χ0) is 17.1. The third-order valence-corrected chi connectivity index (χ3v) is 6.34. The summed E-state index contributed by atoms with van der Waals surface area (Å²) in [4.78, 5) is 18.5. The van der Waals surface area contributed by atoms with Crippen LogP contribution in [0.4, 0.5) is 0 Å². The third kappa shape index (κ3) is 3.67. The van der Waals surface area contributed by atoms with Crippen LogP contribution in [0.15, 0.2) is 5.38 Å². The second-order valence-electron chi connectivity index (χ2n) is 6.86. The van der Waals surface area contributed by atoms with E-state index >= 15 is 0 Å². The number of aliphatic hydroxyl groups excluding tert-OH is 1. The van der Waals surface area contributed by atoms with E-state index in [0.717, 1.165) is 51.4 Å². The predicted molar refractivity (Wildman–Crippen MR) is 95.7 cm³/mol. The Kier molecular flexibility index (Phi) is 5.92. The maximum absolute atomic E-state index is 13.0. The van der Waals surface area contributed by atoms with Gasteiger partial charge in [-0.1, -0.05) is 6.92 Å². The molecule has 134 valence electrons. The summed E-state index contributed by atoms with van der Waals surface area (Å²) in [6, 6.07) is 0. The normalized spacial score (nSPS) is 25.4. The van der Waals surface area contributed by atoms with Crippen LogP contribution >= 0.6 is 11.3 Å². The van der Waals surface area contributed by atoms with E-state index in [9.17, 15) is 9.90 Å². The van der Waals surface area contributed by atoms with Crippen molar-refractivity contribution in [2.45, 2.75) is 20.3 Å². The van der Waals surface area contributed by atoms with Crippen molar-refractivity contribution in [1.29, 1.82) is 0 Å². The molecular formula is C18H28N2O3S. The molecule has 24 heavy (non-hydrogen) atoms. The molecule has 0 aromatic carbocycles. The molecule has 2 atom stereocenters. The van der Waals surface area contributed by atoms with Crippen molar-refractivity contribution < 1.29 is 14.6 Å². The number of hydrogen-bond donors (Lipinski definition) is 1. The quantitative estimate of drug-likeness (QED) is 0.875. The summed E-state index contributed by atoms with van der Waals surface area (Å²) in [6.45, 7) is 10.2. The van der Waals surface area contributed by atoms with Crippen LogP contribution in [0.2, 0.25) is 0 Å². The van der Waals surface area contributed by atoms with Gasteiger partial charge in [-0.3, -0.25) is 9.69 Å². The van der Waals surface area contributed by atoms with Crippen molar-refractivity contribution in [3.05, 3.63) is 21.4 Å². The lowest BCUT2D eigenvalue weighted by atomic mass is 9.96. The summed E-state index contributed by atoms with van der Waals surface area (Å²) in [5.41, 5.74) is 2.05. The first-order chi connectivity index (χ1) is 11.6. The summed E-state index contributed by atoms with van der Waals surface area (Å²) in [7, 11) is 0. The van der Waals surface area contributed by atoms with E-state index in [4.69, 9.17) is 4.74 Å². The molecule has 0 saturated carbocycles. The standard InChI is InChI=1S/C18H28N2O3S/c1-3-16-13(2)24-12-17(16)18(22)20-9-14(15(10-20)11-21)8-19-4-6-23-7-5-19/h12,14-15,21H,3-11H2,1-2H3/t14-,15-/m1/s1. The average molecular weight is 352 g/mol. The number of carbonyl (C=O) groups excluding carboxylic acids is 1. The van der Waals surface area contributed by atoms with Crippen LogP contribution in [0.5, 0.6) is 0 Å². The molecule has 2 aliphatic heterocycles. The highest BCUT2D eigenvalue weighted by molar-refractivity contribution is 7.10. The number of likely N-dealkylation sites (tertiary alicyclic amines) is 1. The number of ether oxygens (including phenoxy) is 1. The number of aryl methyl sites for hydroxylation is 1. The molecule has 1 aromatic rings. The van der Waals surface area contributed by atoms with Crippen molar-refractivity contribution in [3.63, 3.8) is 0 Å². The van der Waals surface area contributed by atoms with Gasteiger partial charge in [0.1, 0.15) is 0 Å². The SMILES string of the molecule is CCc1c(C(=O)N2C[C@@H](CN3CCOCC3)[C@@H](CO)C2)csc1C. The van der Waals surface area contributed by atoms with Gasteiger partial charge >= 0.3 is 0 Å². The highest BCUT2D eigenvalue weighted by Gasteiger charge is 2.37. The second-order valence-corrected chi connectivity index (χ2v) is 7.95. The summed E-state index contributed by atoms with van der Waals surface area (Å²) in [6.07, 6.45) is 0.894. The van der Waals surface area contributed by atoms with E-state index in [1.807, 2.05) is 10.3 Å². The van der Waals surface area contributed by atoms with Gasteiger partial charge in [-0.05, 0) is 24.8 Å². The first kappa shape index (κ1) is 17.9.